The maximum absolute atomic E-state index is 13.7. The highest BCUT2D eigenvalue weighted by Crippen LogP contribution is 2.26. The fraction of sp³-hybridized carbons (Fsp3) is 0.308. The summed E-state index contributed by atoms with van der Waals surface area (Å²) in [6, 6.07) is 14.9. The molecule has 0 aliphatic carbocycles. The van der Waals surface area contributed by atoms with Gasteiger partial charge in [-0.1, -0.05) is 30.3 Å². The van der Waals surface area contributed by atoms with Gasteiger partial charge in [-0.3, -0.25) is 4.79 Å². The molecule has 7 nitrogen and oxygen atoms in total. The van der Waals surface area contributed by atoms with Gasteiger partial charge in [-0.15, -0.1) is 0 Å². The number of carbonyl (C=O) groups is 2. The first kappa shape index (κ1) is 23.9. The van der Waals surface area contributed by atoms with Crippen molar-refractivity contribution in [3.05, 3.63) is 82.2 Å². The molecular weight excluding hydrogens is 420 g/mol. The average Bonchev–Trinajstić information content (AvgIpc) is 3.11. The molecule has 0 spiro atoms. The topological polar surface area (TPSA) is 80.9 Å². The third kappa shape index (κ3) is 5.55. The van der Waals surface area contributed by atoms with Crippen LogP contribution in [0.4, 0.5) is 0 Å². The second-order valence-electron chi connectivity index (χ2n) is 7.70. The molecule has 1 N–H and O–H groups in total. The number of ether oxygens (including phenoxy) is 3. The summed E-state index contributed by atoms with van der Waals surface area (Å²) < 4.78 is 15.9. The summed E-state index contributed by atoms with van der Waals surface area (Å²) in [6.45, 7) is 6.54. The SMILES string of the molecule is CCOC(=O)c1[nH]c(C)c(CN(Cc2ccccc2)C(=O)c2cc(OC)cc(OC)c2)c1C. The van der Waals surface area contributed by atoms with Gasteiger partial charge in [-0.25, -0.2) is 4.79 Å². The molecule has 0 aliphatic rings. The van der Waals surface area contributed by atoms with Crippen LogP contribution >= 0.6 is 0 Å². The second kappa shape index (κ2) is 10.7. The van der Waals surface area contributed by atoms with Crippen LogP contribution in [0.15, 0.2) is 48.5 Å². The summed E-state index contributed by atoms with van der Waals surface area (Å²) in [7, 11) is 3.10. The van der Waals surface area contributed by atoms with Crippen molar-refractivity contribution in [2.75, 3.05) is 20.8 Å². The van der Waals surface area contributed by atoms with Gasteiger partial charge in [-0.2, -0.15) is 0 Å². The van der Waals surface area contributed by atoms with E-state index >= 15 is 0 Å². The van der Waals surface area contributed by atoms with Crippen LogP contribution in [0, 0.1) is 13.8 Å². The van der Waals surface area contributed by atoms with Crippen molar-refractivity contribution in [3.63, 3.8) is 0 Å². The fourth-order valence-corrected chi connectivity index (χ4v) is 3.74. The van der Waals surface area contributed by atoms with Crippen molar-refractivity contribution in [1.29, 1.82) is 0 Å². The van der Waals surface area contributed by atoms with Gasteiger partial charge in [0.05, 0.1) is 20.8 Å². The fourth-order valence-electron chi connectivity index (χ4n) is 3.74. The standard InChI is InChI=1S/C26H30N2O5/c1-6-33-26(30)24-17(2)23(18(3)27-24)16-28(15-19-10-8-7-9-11-19)25(29)20-12-21(31-4)14-22(13-20)32-5/h7-14,27H,6,15-16H2,1-5H3. The molecule has 0 atom stereocenters. The van der Waals surface area contributed by atoms with Crippen molar-refractivity contribution in [2.24, 2.45) is 0 Å². The maximum Gasteiger partial charge on any atom is 0.355 e. The number of hydrogen-bond donors (Lipinski definition) is 1. The Morgan fingerprint density at radius 3 is 2.15 bits per heavy atom. The zero-order valence-corrected chi connectivity index (χ0v) is 19.7. The highest BCUT2D eigenvalue weighted by molar-refractivity contribution is 5.95. The smallest absolute Gasteiger partial charge is 0.355 e. The van der Waals surface area contributed by atoms with E-state index in [9.17, 15) is 9.59 Å². The van der Waals surface area contributed by atoms with Gasteiger partial charge in [-0.05, 0) is 49.6 Å². The minimum atomic E-state index is -0.400. The number of carbonyl (C=O) groups excluding carboxylic acids is 2. The van der Waals surface area contributed by atoms with E-state index in [4.69, 9.17) is 14.2 Å². The number of aryl methyl sites for hydroxylation is 1. The highest BCUT2D eigenvalue weighted by atomic mass is 16.5. The van der Waals surface area contributed by atoms with Crippen molar-refractivity contribution in [1.82, 2.24) is 9.88 Å². The van der Waals surface area contributed by atoms with Crippen LogP contribution in [-0.2, 0) is 17.8 Å². The van der Waals surface area contributed by atoms with Crippen molar-refractivity contribution >= 4 is 11.9 Å². The molecule has 0 fully saturated rings. The molecule has 1 heterocycles. The number of methoxy groups -OCH3 is 2. The molecule has 0 aliphatic heterocycles. The third-order valence-electron chi connectivity index (χ3n) is 5.52. The molecule has 0 unspecified atom stereocenters. The number of H-pyrrole nitrogens is 1. The zero-order chi connectivity index (χ0) is 24.0. The van der Waals surface area contributed by atoms with Crippen LogP contribution in [0.3, 0.4) is 0 Å². The van der Waals surface area contributed by atoms with Crippen molar-refractivity contribution in [2.45, 2.75) is 33.9 Å². The van der Waals surface area contributed by atoms with Gasteiger partial charge in [0.25, 0.3) is 5.91 Å². The minimum absolute atomic E-state index is 0.172. The molecule has 0 radical (unpaired) electrons. The first-order valence-corrected chi connectivity index (χ1v) is 10.8. The first-order valence-electron chi connectivity index (χ1n) is 10.8. The Bertz CT molecular complexity index is 1100. The Hall–Kier alpha value is -3.74. The number of hydrogen-bond acceptors (Lipinski definition) is 5. The van der Waals surface area contributed by atoms with E-state index in [1.807, 2.05) is 44.2 Å². The lowest BCUT2D eigenvalue weighted by Gasteiger charge is -2.24. The summed E-state index contributed by atoms with van der Waals surface area (Å²) in [5, 5.41) is 0. The summed E-state index contributed by atoms with van der Waals surface area (Å²) in [5.74, 6) is 0.503. The first-order chi connectivity index (χ1) is 15.9. The summed E-state index contributed by atoms with van der Waals surface area (Å²) in [5.41, 5.74) is 4.36. The number of nitrogens with one attached hydrogen (secondary N) is 1. The van der Waals surface area contributed by atoms with E-state index in [-0.39, 0.29) is 5.91 Å². The normalized spacial score (nSPS) is 10.6. The molecule has 2 aromatic carbocycles. The predicted molar refractivity (Wildman–Crippen MR) is 126 cm³/mol. The van der Waals surface area contributed by atoms with Crippen LogP contribution in [0.5, 0.6) is 11.5 Å². The Kier molecular flexibility index (Phi) is 7.77. The molecule has 1 amide bonds. The van der Waals surface area contributed by atoms with Gasteiger partial charge >= 0.3 is 5.97 Å². The summed E-state index contributed by atoms with van der Waals surface area (Å²) >= 11 is 0. The molecule has 33 heavy (non-hydrogen) atoms. The molecule has 0 saturated heterocycles. The number of aromatic nitrogens is 1. The quantitative estimate of drug-likeness (QED) is 0.479. The zero-order valence-electron chi connectivity index (χ0n) is 19.7. The Balaban J connectivity index is 2.00. The van der Waals surface area contributed by atoms with E-state index in [2.05, 4.69) is 4.98 Å². The number of amides is 1. The maximum atomic E-state index is 13.7. The van der Waals surface area contributed by atoms with Gasteiger partial charge in [0.1, 0.15) is 17.2 Å². The monoisotopic (exact) mass is 450 g/mol. The average molecular weight is 451 g/mol. The number of aromatic amines is 1. The van der Waals surface area contributed by atoms with E-state index in [1.54, 1.807) is 44.2 Å². The molecule has 0 saturated carbocycles. The number of nitrogens with zero attached hydrogens (tertiary/aromatic N) is 1. The van der Waals surface area contributed by atoms with Crippen molar-refractivity contribution in [3.8, 4) is 11.5 Å². The molecule has 7 heteroatoms. The van der Waals surface area contributed by atoms with Crippen LogP contribution < -0.4 is 9.47 Å². The van der Waals surface area contributed by atoms with E-state index in [1.165, 1.54) is 0 Å². The van der Waals surface area contributed by atoms with Crippen LogP contribution in [0.25, 0.3) is 0 Å². The third-order valence-corrected chi connectivity index (χ3v) is 5.52. The number of esters is 1. The largest absolute Gasteiger partial charge is 0.497 e. The van der Waals surface area contributed by atoms with Gasteiger partial charge in [0.15, 0.2) is 0 Å². The van der Waals surface area contributed by atoms with E-state index in [0.29, 0.717) is 42.5 Å². The Morgan fingerprint density at radius 1 is 0.939 bits per heavy atom. The Labute approximate surface area is 194 Å². The molecule has 0 bridgehead atoms. The van der Waals surface area contributed by atoms with E-state index in [0.717, 1.165) is 22.4 Å². The minimum Gasteiger partial charge on any atom is -0.497 e. The van der Waals surface area contributed by atoms with Crippen LogP contribution in [0.2, 0.25) is 0 Å². The molecule has 1 aromatic heterocycles. The van der Waals surface area contributed by atoms with Gasteiger partial charge in [0, 0.05) is 30.4 Å². The van der Waals surface area contributed by atoms with Crippen LogP contribution in [0.1, 0.15) is 50.2 Å². The molecule has 3 aromatic rings. The second-order valence-corrected chi connectivity index (χ2v) is 7.70. The van der Waals surface area contributed by atoms with E-state index < -0.39 is 5.97 Å². The summed E-state index contributed by atoms with van der Waals surface area (Å²) in [6.07, 6.45) is 0. The lowest BCUT2D eigenvalue weighted by molar-refractivity contribution is 0.0519. The Morgan fingerprint density at radius 2 is 1.58 bits per heavy atom. The number of benzene rings is 2. The van der Waals surface area contributed by atoms with Gasteiger partial charge < -0.3 is 24.1 Å². The number of rotatable bonds is 9. The van der Waals surface area contributed by atoms with Gasteiger partial charge in [0.2, 0.25) is 0 Å². The molecular formula is C26H30N2O5. The van der Waals surface area contributed by atoms with Crippen molar-refractivity contribution < 1.29 is 23.8 Å². The lowest BCUT2D eigenvalue weighted by Crippen LogP contribution is -2.30. The van der Waals surface area contributed by atoms with Crippen LogP contribution in [-0.4, -0.2) is 42.6 Å². The predicted octanol–water partition coefficient (Wildman–Crippen LogP) is 4.67. The lowest BCUT2D eigenvalue weighted by atomic mass is 10.1. The summed E-state index contributed by atoms with van der Waals surface area (Å²) in [4.78, 5) is 30.9. The highest BCUT2D eigenvalue weighted by Gasteiger charge is 2.24. The molecule has 174 valence electrons. The molecule has 3 rings (SSSR count).